The van der Waals surface area contributed by atoms with Gasteiger partial charge in [-0.15, -0.1) is 0 Å². The van der Waals surface area contributed by atoms with Crippen molar-refractivity contribution in [2.45, 2.75) is 45.1 Å². The van der Waals surface area contributed by atoms with Crippen LogP contribution in [0.2, 0.25) is 0 Å². The Hall–Kier alpha value is -1.45. The van der Waals surface area contributed by atoms with Crippen LogP contribution in [0.5, 0.6) is 0 Å². The van der Waals surface area contributed by atoms with E-state index in [9.17, 15) is 8.78 Å². The Bertz CT molecular complexity index is 414. The lowest BCUT2D eigenvalue weighted by Gasteiger charge is -2.15. The van der Waals surface area contributed by atoms with E-state index < -0.39 is 6.43 Å². The first-order valence-electron chi connectivity index (χ1n) is 6.71. The van der Waals surface area contributed by atoms with Gasteiger partial charge in [0.25, 0.3) is 6.43 Å². The Morgan fingerprint density at radius 1 is 1.21 bits per heavy atom. The topological polar surface area (TPSA) is 21.6 Å². The van der Waals surface area contributed by atoms with Gasteiger partial charge in [-0.1, -0.05) is 48.7 Å². The molecule has 0 aliphatic heterocycles. The lowest BCUT2D eigenvalue weighted by atomic mass is 9.90. The van der Waals surface area contributed by atoms with Crippen molar-refractivity contribution in [2.24, 2.45) is 11.1 Å². The smallest absolute Gasteiger partial charge is 0.264 e. The molecule has 103 valence electrons. The molecule has 1 aliphatic rings. The molecule has 2 nitrogen and oxygen atoms in total. The van der Waals surface area contributed by atoms with Gasteiger partial charge in [0.15, 0.2) is 0 Å². The number of rotatable bonds is 5. The van der Waals surface area contributed by atoms with Crippen LogP contribution in [0.25, 0.3) is 0 Å². The summed E-state index contributed by atoms with van der Waals surface area (Å²) in [6, 6.07) is 6.37. The quantitative estimate of drug-likeness (QED) is 0.564. The van der Waals surface area contributed by atoms with E-state index >= 15 is 0 Å². The summed E-state index contributed by atoms with van der Waals surface area (Å²) in [5.74, 6) is 0.360. The maximum absolute atomic E-state index is 12.7. The molecule has 1 fully saturated rings. The van der Waals surface area contributed by atoms with Crippen LogP contribution in [0.1, 0.15) is 49.7 Å². The number of nitrogens with zero attached hydrogens (tertiary/aromatic N) is 1. The van der Waals surface area contributed by atoms with Crippen molar-refractivity contribution in [2.75, 3.05) is 0 Å². The van der Waals surface area contributed by atoms with Gasteiger partial charge in [0.2, 0.25) is 0 Å². The second kappa shape index (κ2) is 7.22. The third-order valence-corrected chi connectivity index (χ3v) is 3.42. The van der Waals surface area contributed by atoms with Crippen molar-refractivity contribution in [3.8, 4) is 0 Å². The molecule has 0 aromatic heterocycles. The molecule has 4 heteroatoms. The Balaban J connectivity index is 1.83. The fourth-order valence-corrected chi connectivity index (χ4v) is 2.32. The van der Waals surface area contributed by atoms with E-state index in [1.165, 1.54) is 25.3 Å². The number of benzene rings is 1. The van der Waals surface area contributed by atoms with Gasteiger partial charge in [0.05, 0.1) is 0 Å². The number of hydrogen-bond donors (Lipinski definition) is 0. The molecule has 0 unspecified atom stereocenters. The van der Waals surface area contributed by atoms with E-state index in [2.05, 4.69) is 11.4 Å². The Kier molecular flexibility index (Phi) is 5.31. The van der Waals surface area contributed by atoms with E-state index in [4.69, 9.17) is 4.84 Å². The zero-order valence-corrected chi connectivity index (χ0v) is 10.8. The van der Waals surface area contributed by atoms with Crippen LogP contribution in [0.4, 0.5) is 8.78 Å². The molecule has 0 N–H and O–H groups in total. The SMILES string of the molecule is FC(F)c1ccccc1CO/N=[C]\C1CCCCC1. The number of alkyl halides is 2. The average molecular weight is 266 g/mol. The molecular weight excluding hydrogens is 248 g/mol. The van der Waals surface area contributed by atoms with E-state index in [1.807, 2.05) is 0 Å². The van der Waals surface area contributed by atoms with E-state index in [0.717, 1.165) is 12.8 Å². The molecule has 1 aliphatic carbocycles. The predicted octanol–water partition coefficient (Wildman–Crippen LogP) is 4.58. The highest BCUT2D eigenvalue weighted by Gasteiger charge is 2.13. The summed E-state index contributed by atoms with van der Waals surface area (Å²) in [4.78, 5) is 5.09. The minimum atomic E-state index is -2.48. The van der Waals surface area contributed by atoms with Crippen LogP contribution in [-0.2, 0) is 11.4 Å². The largest absolute Gasteiger partial charge is 0.391 e. The van der Waals surface area contributed by atoms with Crippen molar-refractivity contribution in [3.63, 3.8) is 0 Å². The Morgan fingerprint density at radius 2 is 1.95 bits per heavy atom. The normalized spacial score (nSPS) is 17.2. The van der Waals surface area contributed by atoms with E-state index in [1.54, 1.807) is 18.2 Å². The summed E-state index contributed by atoms with van der Waals surface area (Å²) in [6.07, 6.45) is 6.37. The first-order chi connectivity index (χ1) is 9.27. The minimum Gasteiger partial charge on any atom is -0.391 e. The van der Waals surface area contributed by atoms with Gasteiger partial charge < -0.3 is 4.84 Å². The third-order valence-electron chi connectivity index (χ3n) is 3.42. The second-order valence-corrected chi connectivity index (χ2v) is 4.83. The molecule has 19 heavy (non-hydrogen) atoms. The first-order valence-corrected chi connectivity index (χ1v) is 6.71. The first kappa shape index (κ1) is 14.0. The van der Waals surface area contributed by atoms with Gasteiger partial charge in [-0.25, -0.2) is 8.78 Å². The molecule has 0 amide bonds. The Labute approximate surface area is 112 Å². The number of hydrogen-bond acceptors (Lipinski definition) is 2. The van der Waals surface area contributed by atoms with E-state index in [-0.39, 0.29) is 12.2 Å². The molecule has 1 radical (unpaired) electrons. The highest BCUT2D eigenvalue weighted by atomic mass is 19.3. The molecule has 0 bridgehead atoms. The molecule has 1 aromatic carbocycles. The van der Waals surface area contributed by atoms with Crippen LogP contribution in [-0.4, -0.2) is 6.21 Å². The lowest BCUT2D eigenvalue weighted by molar-refractivity contribution is 0.118. The van der Waals surface area contributed by atoms with E-state index in [0.29, 0.717) is 11.5 Å². The highest BCUT2D eigenvalue weighted by molar-refractivity contribution is 5.59. The van der Waals surface area contributed by atoms with Crippen molar-refractivity contribution in [1.82, 2.24) is 0 Å². The maximum atomic E-state index is 12.7. The fourth-order valence-electron chi connectivity index (χ4n) is 2.32. The molecule has 2 rings (SSSR count). The minimum absolute atomic E-state index is 0.00960. The maximum Gasteiger partial charge on any atom is 0.264 e. The predicted molar refractivity (Wildman–Crippen MR) is 70.2 cm³/mol. The van der Waals surface area contributed by atoms with Crippen LogP contribution < -0.4 is 0 Å². The second-order valence-electron chi connectivity index (χ2n) is 4.83. The van der Waals surface area contributed by atoms with Crippen LogP contribution in [0, 0.1) is 5.92 Å². The summed E-state index contributed by atoms with van der Waals surface area (Å²) in [5.41, 5.74) is 0.488. The van der Waals surface area contributed by atoms with Gasteiger partial charge >= 0.3 is 0 Å². The molecule has 0 saturated heterocycles. The fraction of sp³-hybridized carbons (Fsp3) is 0.533. The highest BCUT2D eigenvalue weighted by Crippen LogP contribution is 2.24. The summed E-state index contributed by atoms with van der Waals surface area (Å²) >= 11 is 0. The van der Waals surface area contributed by atoms with Crippen molar-refractivity contribution >= 4 is 6.21 Å². The number of halogens is 2. The third kappa shape index (κ3) is 4.30. The molecule has 0 atom stereocenters. The van der Waals surface area contributed by atoms with Crippen molar-refractivity contribution in [3.05, 3.63) is 35.4 Å². The summed E-state index contributed by atoms with van der Waals surface area (Å²) in [5, 5.41) is 3.80. The molecule has 1 aromatic rings. The van der Waals surface area contributed by atoms with Crippen LogP contribution in [0.15, 0.2) is 29.4 Å². The zero-order valence-electron chi connectivity index (χ0n) is 10.8. The van der Waals surface area contributed by atoms with Gasteiger partial charge in [-0.05, 0) is 12.8 Å². The average Bonchev–Trinajstić information content (AvgIpc) is 2.45. The molecule has 1 saturated carbocycles. The van der Waals surface area contributed by atoms with Gasteiger partial charge in [0, 0.05) is 17.0 Å². The zero-order chi connectivity index (χ0) is 13.5. The van der Waals surface area contributed by atoms with Crippen LogP contribution in [0.3, 0.4) is 0 Å². The molecule has 0 spiro atoms. The van der Waals surface area contributed by atoms with Gasteiger partial charge in [-0.3, -0.25) is 0 Å². The molecular formula is C15H18F2NO. The standard InChI is InChI=1S/C15H18F2NO/c16-15(17)14-9-5-4-8-13(14)11-19-18-10-12-6-2-1-3-7-12/h4-5,8-9,12,15H,1-3,6-7,11H2. The summed E-state index contributed by atoms with van der Waals surface area (Å²) in [7, 11) is 0. The summed E-state index contributed by atoms with van der Waals surface area (Å²) < 4.78 is 25.5. The summed E-state index contributed by atoms with van der Waals surface area (Å²) in [6.45, 7) is 0.0697. The van der Waals surface area contributed by atoms with Crippen molar-refractivity contribution in [1.29, 1.82) is 0 Å². The molecule has 0 heterocycles. The van der Waals surface area contributed by atoms with Crippen LogP contribution >= 0.6 is 0 Å². The van der Waals surface area contributed by atoms with Gasteiger partial charge in [0.1, 0.15) is 12.8 Å². The Morgan fingerprint density at radius 3 is 2.68 bits per heavy atom. The van der Waals surface area contributed by atoms with Gasteiger partial charge in [-0.2, -0.15) is 0 Å². The lowest BCUT2D eigenvalue weighted by Crippen LogP contribution is -2.07. The monoisotopic (exact) mass is 266 g/mol. The van der Waals surface area contributed by atoms with Crippen molar-refractivity contribution < 1.29 is 13.6 Å².